The Balaban J connectivity index is 1.40. The number of anilines is 1. The van der Waals surface area contributed by atoms with E-state index in [2.05, 4.69) is 29.8 Å². The van der Waals surface area contributed by atoms with Gasteiger partial charge in [0.05, 0.1) is 11.9 Å². The highest BCUT2D eigenvalue weighted by molar-refractivity contribution is 5.53. The molecule has 0 bridgehead atoms. The van der Waals surface area contributed by atoms with Crippen LogP contribution in [0.5, 0.6) is 5.75 Å². The molecule has 1 fully saturated rings. The van der Waals surface area contributed by atoms with Crippen LogP contribution in [-0.4, -0.2) is 57.3 Å². The minimum atomic E-state index is -4.69. The van der Waals surface area contributed by atoms with Crippen LogP contribution in [0.1, 0.15) is 5.56 Å². The molecule has 0 atom stereocenters. The third-order valence-corrected chi connectivity index (χ3v) is 4.48. The Morgan fingerprint density at radius 2 is 1.85 bits per heavy atom. The van der Waals surface area contributed by atoms with Crippen LogP contribution >= 0.6 is 0 Å². The van der Waals surface area contributed by atoms with E-state index in [9.17, 15) is 13.2 Å². The number of fused-ring (bicyclic) bond motifs is 1. The van der Waals surface area contributed by atoms with Gasteiger partial charge >= 0.3 is 6.36 Å². The Bertz CT molecular complexity index is 920. The second kappa shape index (κ2) is 7.03. The normalized spacial score (nSPS) is 16.0. The summed E-state index contributed by atoms with van der Waals surface area (Å²) in [7, 11) is 0. The molecule has 142 valence electrons. The second-order valence-electron chi connectivity index (χ2n) is 6.27. The molecular formula is C17H17F3N6O. The van der Waals surface area contributed by atoms with Crippen LogP contribution in [0.4, 0.5) is 18.9 Å². The molecule has 0 spiro atoms. The molecule has 3 aromatic rings. The molecule has 0 N–H and O–H groups in total. The van der Waals surface area contributed by atoms with E-state index in [0.717, 1.165) is 31.9 Å². The molecule has 1 aromatic carbocycles. The molecule has 3 heterocycles. The fourth-order valence-electron chi connectivity index (χ4n) is 3.15. The van der Waals surface area contributed by atoms with Gasteiger partial charge in [0, 0.05) is 44.4 Å². The van der Waals surface area contributed by atoms with Crippen molar-refractivity contribution in [2.24, 2.45) is 0 Å². The van der Waals surface area contributed by atoms with Gasteiger partial charge in [-0.2, -0.15) is 5.10 Å². The predicted octanol–water partition coefficient (Wildman–Crippen LogP) is 2.35. The molecule has 10 heteroatoms. The van der Waals surface area contributed by atoms with Crippen molar-refractivity contribution in [2.45, 2.75) is 12.9 Å². The third-order valence-electron chi connectivity index (χ3n) is 4.48. The fraction of sp³-hybridized carbons (Fsp3) is 0.353. The molecule has 1 aliphatic rings. The van der Waals surface area contributed by atoms with Gasteiger partial charge < -0.3 is 9.64 Å². The Labute approximate surface area is 153 Å². The first-order chi connectivity index (χ1) is 13.0. The number of hydrogen-bond acceptors (Lipinski definition) is 6. The average molecular weight is 378 g/mol. The zero-order chi connectivity index (χ0) is 18.9. The van der Waals surface area contributed by atoms with Crippen molar-refractivity contribution >= 4 is 11.3 Å². The summed E-state index contributed by atoms with van der Waals surface area (Å²) in [6.07, 6.45) is -1.39. The maximum Gasteiger partial charge on any atom is 0.573 e. The van der Waals surface area contributed by atoms with Crippen LogP contribution in [0.25, 0.3) is 5.65 Å². The molecule has 0 radical (unpaired) electrons. The lowest BCUT2D eigenvalue weighted by molar-refractivity contribution is -0.275. The molecule has 1 aliphatic heterocycles. The number of halogens is 3. The molecule has 7 nitrogen and oxygen atoms in total. The monoisotopic (exact) mass is 378 g/mol. The Morgan fingerprint density at radius 1 is 1.07 bits per heavy atom. The summed E-state index contributed by atoms with van der Waals surface area (Å²) in [4.78, 5) is 4.29. The number of ether oxygens (including phenoxy) is 1. The maximum atomic E-state index is 12.6. The first kappa shape index (κ1) is 17.5. The Hall–Kier alpha value is -2.88. The van der Waals surface area contributed by atoms with Gasteiger partial charge in [-0.1, -0.05) is 18.2 Å². The van der Waals surface area contributed by atoms with E-state index < -0.39 is 6.36 Å². The molecule has 0 amide bonds. The average Bonchev–Trinajstić information content (AvgIpc) is 3.10. The Morgan fingerprint density at radius 3 is 2.63 bits per heavy atom. The molecular weight excluding hydrogens is 361 g/mol. The Kier molecular flexibility index (Phi) is 4.56. The second-order valence-corrected chi connectivity index (χ2v) is 6.27. The zero-order valence-corrected chi connectivity index (χ0v) is 14.3. The minimum Gasteiger partial charge on any atom is -0.405 e. The van der Waals surface area contributed by atoms with Crippen molar-refractivity contribution in [3.8, 4) is 5.75 Å². The van der Waals surface area contributed by atoms with Crippen molar-refractivity contribution < 1.29 is 17.9 Å². The first-order valence-corrected chi connectivity index (χ1v) is 8.45. The van der Waals surface area contributed by atoms with Crippen molar-refractivity contribution in [3.63, 3.8) is 0 Å². The number of piperazine rings is 1. The smallest absolute Gasteiger partial charge is 0.405 e. The van der Waals surface area contributed by atoms with Crippen LogP contribution in [0.15, 0.2) is 42.9 Å². The number of alkyl halides is 3. The lowest BCUT2D eigenvalue weighted by Gasteiger charge is -2.36. The van der Waals surface area contributed by atoms with E-state index in [4.69, 9.17) is 0 Å². The third kappa shape index (κ3) is 4.11. The molecule has 0 aliphatic carbocycles. The van der Waals surface area contributed by atoms with E-state index >= 15 is 0 Å². The van der Waals surface area contributed by atoms with Crippen molar-refractivity contribution in [1.82, 2.24) is 24.7 Å². The topological polar surface area (TPSA) is 58.8 Å². The highest BCUT2D eigenvalue weighted by Gasteiger charge is 2.32. The van der Waals surface area contributed by atoms with Gasteiger partial charge in [0.25, 0.3) is 0 Å². The predicted molar refractivity (Wildman–Crippen MR) is 91.4 cm³/mol. The molecule has 4 rings (SSSR count). The van der Waals surface area contributed by atoms with Gasteiger partial charge in [-0.05, 0) is 6.07 Å². The highest BCUT2D eigenvalue weighted by Crippen LogP contribution is 2.27. The molecule has 2 aromatic heterocycles. The standard InChI is InChI=1S/C17H17F3N6O/c18-17(19,20)27-15-4-2-1-3-13(15)11-24-5-7-25(8-6-24)14-9-16-23-21-12-26(16)22-10-14/h1-4,9-10,12H,5-8,11H2. The van der Waals surface area contributed by atoms with E-state index in [1.165, 1.54) is 18.5 Å². The van der Waals surface area contributed by atoms with E-state index in [-0.39, 0.29) is 5.75 Å². The van der Waals surface area contributed by atoms with Gasteiger partial charge in [-0.25, -0.2) is 4.52 Å². The summed E-state index contributed by atoms with van der Waals surface area (Å²) in [5, 5.41) is 12.1. The number of aromatic nitrogens is 4. The fourth-order valence-corrected chi connectivity index (χ4v) is 3.15. The maximum absolute atomic E-state index is 12.6. The zero-order valence-electron chi connectivity index (χ0n) is 14.3. The number of rotatable bonds is 4. The lowest BCUT2D eigenvalue weighted by atomic mass is 10.1. The highest BCUT2D eigenvalue weighted by atomic mass is 19.4. The summed E-state index contributed by atoms with van der Waals surface area (Å²) >= 11 is 0. The quantitative estimate of drug-likeness (QED) is 0.695. The van der Waals surface area contributed by atoms with Crippen molar-refractivity contribution in [3.05, 3.63) is 48.4 Å². The largest absolute Gasteiger partial charge is 0.573 e. The molecule has 0 unspecified atom stereocenters. The minimum absolute atomic E-state index is 0.145. The summed E-state index contributed by atoms with van der Waals surface area (Å²) in [6.45, 7) is 3.33. The SMILES string of the molecule is FC(F)(F)Oc1ccccc1CN1CCN(c2cnn3cnnc3c2)CC1. The molecule has 27 heavy (non-hydrogen) atoms. The van der Waals surface area contributed by atoms with Crippen LogP contribution < -0.4 is 9.64 Å². The van der Waals surface area contributed by atoms with Crippen LogP contribution in [0.3, 0.4) is 0 Å². The van der Waals surface area contributed by atoms with E-state index in [1.807, 2.05) is 6.07 Å². The van der Waals surface area contributed by atoms with Gasteiger partial charge in [-0.3, -0.25) is 4.90 Å². The van der Waals surface area contributed by atoms with Crippen LogP contribution in [0.2, 0.25) is 0 Å². The van der Waals surface area contributed by atoms with Gasteiger partial charge in [-0.15, -0.1) is 23.4 Å². The van der Waals surface area contributed by atoms with Crippen molar-refractivity contribution in [2.75, 3.05) is 31.1 Å². The van der Waals surface area contributed by atoms with Crippen LogP contribution in [-0.2, 0) is 6.54 Å². The number of hydrogen-bond donors (Lipinski definition) is 0. The first-order valence-electron chi connectivity index (χ1n) is 8.45. The number of para-hydroxylation sites is 1. The summed E-state index contributed by atoms with van der Waals surface area (Å²) in [5.74, 6) is -0.145. The number of nitrogens with zero attached hydrogens (tertiary/aromatic N) is 6. The van der Waals surface area contributed by atoms with Gasteiger partial charge in [0.2, 0.25) is 0 Å². The van der Waals surface area contributed by atoms with Gasteiger partial charge in [0.1, 0.15) is 12.1 Å². The van der Waals surface area contributed by atoms with Gasteiger partial charge in [0.15, 0.2) is 5.65 Å². The van der Waals surface area contributed by atoms with Crippen molar-refractivity contribution in [1.29, 1.82) is 0 Å². The summed E-state index contributed by atoms with van der Waals surface area (Å²) < 4.78 is 43.4. The summed E-state index contributed by atoms with van der Waals surface area (Å²) in [5.41, 5.74) is 2.15. The van der Waals surface area contributed by atoms with Crippen LogP contribution in [0, 0.1) is 0 Å². The lowest BCUT2D eigenvalue weighted by Crippen LogP contribution is -2.46. The molecule has 0 saturated carbocycles. The summed E-state index contributed by atoms with van der Waals surface area (Å²) in [6, 6.07) is 8.18. The number of benzene rings is 1. The van der Waals surface area contributed by atoms with E-state index in [0.29, 0.717) is 17.8 Å². The van der Waals surface area contributed by atoms with E-state index in [1.54, 1.807) is 22.8 Å². The molecule has 1 saturated heterocycles.